The summed E-state index contributed by atoms with van der Waals surface area (Å²) in [4.78, 5) is 0. The number of rotatable bonds is 1. The molecule has 118 valence electrons. The average Bonchev–Trinajstić information content (AvgIpc) is 3.46. The third-order valence-electron chi connectivity index (χ3n) is 4.88. The highest BCUT2D eigenvalue weighted by Gasteiger charge is 2.45. The zero-order valence-electron chi connectivity index (χ0n) is 12.8. The standard InChI is InChI=1S/C20H14O4/c1-2-5-12-11(4-1)8-9-15-17(12)19-18-13(22-15)6-3-7-14(18)23-20(24-19)16-10-21-16/h1-9,16,19-20H,10H2. The van der Waals surface area contributed by atoms with Gasteiger partial charge in [-0.3, -0.25) is 0 Å². The summed E-state index contributed by atoms with van der Waals surface area (Å²) >= 11 is 0. The maximum absolute atomic E-state index is 6.33. The first-order valence-corrected chi connectivity index (χ1v) is 8.14. The molecule has 6 rings (SSSR count). The quantitative estimate of drug-likeness (QED) is 0.631. The average molecular weight is 318 g/mol. The van der Waals surface area contributed by atoms with Crippen LogP contribution in [-0.4, -0.2) is 19.0 Å². The number of fused-ring (bicyclic) bond motifs is 4. The van der Waals surface area contributed by atoms with E-state index in [-0.39, 0.29) is 18.5 Å². The zero-order chi connectivity index (χ0) is 15.7. The highest BCUT2D eigenvalue weighted by atomic mass is 16.7. The lowest BCUT2D eigenvalue weighted by molar-refractivity contribution is -0.140. The fraction of sp³-hybridized carbons (Fsp3) is 0.200. The molecular formula is C20H14O4. The zero-order valence-corrected chi connectivity index (χ0v) is 12.8. The molecule has 3 atom stereocenters. The Morgan fingerprint density at radius 2 is 1.62 bits per heavy atom. The van der Waals surface area contributed by atoms with Crippen LogP contribution in [0.2, 0.25) is 0 Å². The lowest BCUT2D eigenvalue weighted by Crippen LogP contribution is -2.34. The van der Waals surface area contributed by atoms with Crippen molar-refractivity contribution in [3.8, 4) is 17.2 Å². The normalized spacial score (nSPS) is 26.1. The maximum Gasteiger partial charge on any atom is 0.229 e. The van der Waals surface area contributed by atoms with E-state index in [9.17, 15) is 0 Å². The molecule has 3 unspecified atom stereocenters. The minimum Gasteiger partial charge on any atom is -0.461 e. The summed E-state index contributed by atoms with van der Waals surface area (Å²) in [5.74, 6) is 2.47. The fourth-order valence-electron chi connectivity index (χ4n) is 3.67. The predicted octanol–water partition coefficient (Wildman–Crippen LogP) is 4.17. The van der Waals surface area contributed by atoms with Crippen molar-refractivity contribution in [3.63, 3.8) is 0 Å². The van der Waals surface area contributed by atoms with E-state index in [0.717, 1.165) is 33.8 Å². The first kappa shape index (κ1) is 12.8. The summed E-state index contributed by atoms with van der Waals surface area (Å²) < 4.78 is 23.9. The van der Waals surface area contributed by atoms with Crippen LogP contribution in [0.1, 0.15) is 17.2 Å². The number of benzene rings is 3. The molecule has 3 heterocycles. The second-order valence-electron chi connectivity index (χ2n) is 6.34. The number of hydrogen-bond donors (Lipinski definition) is 0. The van der Waals surface area contributed by atoms with Gasteiger partial charge in [0.25, 0.3) is 0 Å². The monoisotopic (exact) mass is 318 g/mol. The lowest BCUT2D eigenvalue weighted by Gasteiger charge is -2.37. The minimum absolute atomic E-state index is 0.0167. The van der Waals surface area contributed by atoms with Crippen LogP contribution in [0.5, 0.6) is 17.2 Å². The van der Waals surface area contributed by atoms with Crippen molar-refractivity contribution in [2.45, 2.75) is 18.5 Å². The Morgan fingerprint density at radius 3 is 2.54 bits per heavy atom. The molecule has 0 radical (unpaired) electrons. The van der Waals surface area contributed by atoms with Crippen LogP contribution in [0.3, 0.4) is 0 Å². The van der Waals surface area contributed by atoms with Gasteiger partial charge in [-0.15, -0.1) is 0 Å². The molecular weight excluding hydrogens is 304 g/mol. The van der Waals surface area contributed by atoms with Gasteiger partial charge in [0.1, 0.15) is 29.5 Å². The molecule has 1 fully saturated rings. The van der Waals surface area contributed by atoms with Gasteiger partial charge in [-0.25, -0.2) is 0 Å². The summed E-state index contributed by atoms with van der Waals surface area (Å²) in [5.41, 5.74) is 2.04. The van der Waals surface area contributed by atoms with Gasteiger partial charge in [-0.1, -0.05) is 36.4 Å². The van der Waals surface area contributed by atoms with E-state index in [0.29, 0.717) is 6.61 Å². The van der Waals surface area contributed by atoms with Crippen LogP contribution < -0.4 is 9.47 Å². The van der Waals surface area contributed by atoms with E-state index in [4.69, 9.17) is 18.9 Å². The molecule has 0 saturated carbocycles. The van der Waals surface area contributed by atoms with Gasteiger partial charge in [0, 0.05) is 5.56 Å². The highest BCUT2D eigenvalue weighted by molar-refractivity contribution is 5.89. The number of hydrogen-bond acceptors (Lipinski definition) is 4. The Morgan fingerprint density at radius 1 is 0.792 bits per heavy atom. The summed E-state index contributed by atoms with van der Waals surface area (Å²) in [6, 6.07) is 18.3. The molecule has 4 nitrogen and oxygen atoms in total. The smallest absolute Gasteiger partial charge is 0.229 e. The number of ether oxygens (including phenoxy) is 4. The van der Waals surface area contributed by atoms with E-state index in [1.807, 2.05) is 36.4 Å². The summed E-state index contributed by atoms with van der Waals surface area (Å²) in [6.45, 7) is 0.686. The fourth-order valence-corrected chi connectivity index (χ4v) is 3.67. The van der Waals surface area contributed by atoms with Crippen molar-refractivity contribution >= 4 is 10.8 Å². The molecule has 24 heavy (non-hydrogen) atoms. The third kappa shape index (κ3) is 1.70. The summed E-state index contributed by atoms with van der Waals surface area (Å²) in [6.07, 6.45) is -0.556. The van der Waals surface area contributed by atoms with Crippen LogP contribution in [0.15, 0.2) is 54.6 Å². The van der Waals surface area contributed by atoms with Crippen molar-refractivity contribution in [3.05, 3.63) is 65.7 Å². The van der Waals surface area contributed by atoms with E-state index < -0.39 is 0 Å². The SMILES string of the molecule is c1cc2c3c(c1)OC(C1CO1)OC3c1c(ccc3ccccc13)O2. The summed E-state index contributed by atoms with van der Waals surface area (Å²) in [7, 11) is 0. The Bertz CT molecular complexity index is 977. The van der Waals surface area contributed by atoms with E-state index in [1.54, 1.807) is 0 Å². The maximum atomic E-state index is 6.33. The molecule has 0 bridgehead atoms. The van der Waals surface area contributed by atoms with Gasteiger partial charge in [-0.2, -0.15) is 0 Å². The molecule has 0 aromatic heterocycles. The van der Waals surface area contributed by atoms with E-state index in [2.05, 4.69) is 18.2 Å². The predicted molar refractivity (Wildman–Crippen MR) is 87.5 cm³/mol. The molecule has 3 aromatic carbocycles. The van der Waals surface area contributed by atoms with Gasteiger partial charge in [0.2, 0.25) is 6.29 Å². The third-order valence-corrected chi connectivity index (χ3v) is 4.88. The molecule has 0 aliphatic carbocycles. The Balaban J connectivity index is 1.63. The Kier molecular flexibility index (Phi) is 2.40. The van der Waals surface area contributed by atoms with E-state index >= 15 is 0 Å². The van der Waals surface area contributed by atoms with Crippen LogP contribution >= 0.6 is 0 Å². The van der Waals surface area contributed by atoms with Gasteiger partial charge < -0.3 is 18.9 Å². The second kappa shape index (κ2) is 4.50. The van der Waals surface area contributed by atoms with Crippen molar-refractivity contribution < 1.29 is 18.9 Å². The molecule has 0 amide bonds. The van der Waals surface area contributed by atoms with Gasteiger partial charge >= 0.3 is 0 Å². The molecule has 3 aliphatic rings. The first-order valence-electron chi connectivity index (χ1n) is 8.14. The largest absolute Gasteiger partial charge is 0.461 e. The molecule has 0 spiro atoms. The second-order valence-corrected chi connectivity index (χ2v) is 6.34. The number of epoxide rings is 1. The molecule has 0 N–H and O–H groups in total. The Hall–Kier alpha value is -2.56. The van der Waals surface area contributed by atoms with Gasteiger partial charge in [0.05, 0.1) is 12.2 Å². The van der Waals surface area contributed by atoms with Crippen molar-refractivity contribution in [2.75, 3.05) is 6.61 Å². The molecule has 3 aromatic rings. The topological polar surface area (TPSA) is 40.2 Å². The van der Waals surface area contributed by atoms with Crippen molar-refractivity contribution in [1.82, 2.24) is 0 Å². The van der Waals surface area contributed by atoms with Crippen LogP contribution in [0.4, 0.5) is 0 Å². The first-order chi connectivity index (χ1) is 11.9. The minimum atomic E-state index is -0.373. The van der Waals surface area contributed by atoms with Crippen molar-refractivity contribution in [1.29, 1.82) is 0 Å². The van der Waals surface area contributed by atoms with Crippen molar-refractivity contribution in [2.24, 2.45) is 0 Å². The Labute approximate surface area is 138 Å². The molecule has 4 heteroatoms. The van der Waals surface area contributed by atoms with Gasteiger partial charge in [0.15, 0.2) is 0 Å². The van der Waals surface area contributed by atoms with Crippen LogP contribution in [-0.2, 0) is 9.47 Å². The summed E-state index contributed by atoms with van der Waals surface area (Å²) in [5, 5.41) is 2.33. The lowest BCUT2D eigenvalue weighted by atomic mass is 9.91. The highest BCUT2D eigenvalue weighted by Crippen LogP contribution is 2.53. The van der Waals surface area contributed by atoms with E-state index in [1.165, 1.54) is 5.39 Å². The van der Waals surface area contributed by atoms with Crippen LogP contribution in [0, 0.1) is 0 Å². The van der Waals surface area contributed by atoms with Gasteiger partial charge in [-0.05, 0) is 29.0 Å². The molecule has 3 aliphatic heterocycles. The molecule has 1 saturated heterocycles. The van der Waals surface area contributed by atoms with Crippen LogP contribution in [0.25, 0.3) is 10.8 Å².